The van der Waals surface area contributed by atoms with Gasteiger partial charge in [0.05, 0.1) is 6.07 Å². The molecule has 0 saturated heterocycles. The van der Waals surface area contributed by atoms with Crippen LogP contribution in [-0.2, 0) is 0 Å². The minimum Gasteiger partial charge on any atom is -0.199 e. The third-order valence-electron chi connectivity index (χ3n) is 4.92. The van der Waals surface area contributed by atoms with Crippen molar-refractivity contribution in [2.45, 2.75) is 115 Å². The fourth-order valence-corrected chi connectivity index (χ4v) is 3.23. The molecule has 0 aromatic carbocycles. The highest BCUT2D eigenvalue weighted by Crippen LogP contribution is 2.54. The molecule has 0 heterocycles. The van der Waals surface area contributed by atoms with Crippen molar-refractivity contribution in [3.63, 3.8) is 0 Å². The lowest BCUT2D eigenvalue weighted by molar-refractivity contribution is 0.537. The summed E-state index contributed by atoms with van der Waals surface area (Å²) in [6.07, 6.45) is 18.6. The molecule has 0 aliphatic heterocycles. The summed E-state index contributed by atoms with van der Waals surface area (Å²) in [5.74, 6) is 0.704. The van der Waals surface area contributed by atoms with Gasteiger partial charge in [-0.25, -0.2) is 0 Å². The van der Waals surface area contributed by atoms with E-state index in [4.69, 9.17) is 0 Å². The normalized spacial score (nSPS) is 15.9. The zero-order valence-electron chi connectivity index (χ0n) is 14.5. The van der Waals surface area contributed by atoms with E-state index in [2.05, 4.69) is 27.2 Å². The van der Waals surface area contributed by atoms with Gasteiger partial charge in [-0.2, -0.15) is 5.26 Å². The molecule has 0 N–H and O–H groups in total. The van der Waals surface area contributed by atoms with Crippen molar-refractivity contribution in [3.05, 3.63) is 0 Å². The molecule has 0 unspecified atom stereocenters. The van der Waals surface area contributed by atoms with Gasteiger partial charge in [0.1, 0.15) is 7.28 Å². The number of hydrogen-bond acceptors (Lipinski definition) is 1. The molecule has 119 valence electrons. The quantitative estimate of drug-likeness (QED) is 0.258. The van der Waals surface area contributed by atoms with Gasteiger partial charge >= 0.3 is 0 Å². The van der Waals surface area contributed by atoms with Crippen LogP contribution in [0.25, 0.3) is 0 Å². The summed E-state index contributed by atoms with van der Waals surface area (Å²) in [5.41, 5.74) is 0. The lowest BCUT2D eigenvalue weighted by Crippen LogP contribution is -2.11. The minimum absolute atomic E-state index is 0.0164. The Balaban J connectivity index is 2.20. The highest BCUT2D eigenvalue weighted by Gasteiger charge is 2.44. The molecule has 1 aliphatic carbocycles. The van der Waals surface area contributed by atoms with E-state index >= 15 is 0 Å². The van der Waals surface area contributed by atoms with Gasteiger partial charge in [-0.05, 0) is 12.8 Å². The average Bonchev–Trinajstić information content (AvgIpc) is 3.26. The average molecular weight is 288 g/mol. The third kappa shape index (κ3) is 8.55. The van der Waals surface area contributed by atoms with Crippen LogP contribution in [0.15, 0.2) is 0 Å². The second kappa shape index (κ2) is 11.2. The highest BCUT2D eigenvalue weighted by molar-refractivity contribution is 6.44. The van der Waals surface area contributed by atoms with Gasteiger partial charge in [0, 0.05) is 5.31 Å². The molecule has 0 amide bonds. The van der Waals surface area contributed by atoms with Gasteiger partial charge in [0.2, 0.25) is 0 Å². The third-order valence-corrected chi connectivity index (χ3v) is 4.92. The van der Waals surface area contributed by atoms with Gasteiger partial charge in [-0.1, -0.05) is 96.7 Å². The molecule has 1 fully saturated rings. The van der Waals surface area contributed by atoms with Crippen LogP contribution in [0.5, 0.6) is 0 Å². The monoisotopic (exact) mass is 288 g/mol. The number of rotatable bonds is 14. The Morgan fingerprint density at radius 3 is 1.71 bits per heavy atom. The summed E-state index contributed by atoms with van der Waals surface area (Å²) >= 11 is 0. The first-order chi connectivity index (χ1) is 10.3. The first kappa shape index (κ1) is 18.6. The molecule has 1 aliphatic rings. The van der Waals surface area contributed by atoms with Crippen LogP contribution in [-0.4, -0.2) is 7.28 Å². The van der Waals surface area contributed by atoms with Gasteiger partial charge in [0.15, 0.2) is 0 Å². The van der Waals surface area contributed by atoms with E-state index in [9.17, 15) is 5.26 Å². The summed E-state index contributed by atoms with van der Waals surface area (Å²) in [6, 6.07) is 2.55. The molecule has 0 aromatic rings. The van der Waals surface area contributed by atoms with Gasteiger partial charge in [0.25, 0.3) is 0 Å². The molecule has 21 heavy (non-hydrogen) atoms. The van der Waals surface area contributed by atoms with Crippen LogP contribution in [0.4, 0.5) is 0 Å². The molecule has 0 spiro atoms. The Labute approximate surface area is 134 Å². The zero-order valence-corrected chi connectivity index (χ0v) is 14.5. The van der Waals surface area contributed by atoms with Crippen molar-refractivity contribution in [1.29, 1.82) is 5.26 Å². The molecule has 2 heteroatoms. The van der Waals surface area contributed by atoms with E-state index < -0.39 is 0 Å². The molecule has 0 aromatic heterocycles. The second-order valence-electron chi connectivity index (χ2n) is 7.10. The van der Waals surface area contributed by atoms with E-state index in [0.29, 0.717) is 5.82 Å². The van der Waals surface area contributed by atoms with Crippen molar-refractivity contribution in [2.24, 2.45) is 0 Å². The fourth-order valence-electron chi connectivity index (χ4n) is 3.23. The van der Waals surface area contributed by atoms with Crippen molar-refractivity contribution in [1.82, 2.24) is 0 Å². The first-order valence-corrected chi connectivity index (χ1v) is 9.53. The van der Waals surface area contributed by atoms with Crippen LogP contribution < -0.4 is 0 Å². The predicted molar refractivity (Wildman–Crippen MR) is 93.8 cm³/mol. The molecule has 0 bridgehead atoms. The first-order valence-electron chi connectivity index (χ1n) is 9.53. The summed E-state index contributed by atoms with van der Waals surface area (Å²) in [7, 11) is 2.44. The molecule has 1 nitrogen and oxygen atoms in total. The molecule has 1 rings (SSSR count). The van der Waals surface area contributed by atoms with Crippen molar-refractivity contribution >= 4 is 7.28 Å². The van der Waals surface area contributed by atoms with Crippen molar-refractivity contribution in [3.8, 4) is 6.07 Å². The van der Waals surface area contributed by atoms with E-state index in [0.717, 1.165) is 12.8 Å². The Morgan fingerprint density at radius 1 is 0.857 bits per heavy atom. The maximum absolute atomic E-state index is 9.31. The molecule has 1 saturated carbocycles. The maximum atomic E-state index is 9.31. The highest BCUT2D eigenvalue weighted by atomic mass is 14.4. The topological polar surface area (TPSA) is 23.8 Å². The van der Waals surface area contributed by atoms with Gasteiger partial charge in [-0.15, -0.1) is 0 Å². The Bertz CT molecular complexity index is 276. The van der Waals surface area contributed by atoms with Crippen LogP contribution in [0.1, 0.15) is 104 Å². The van der Waals surface area contributed by atoms with E-state index in [-0.39, 0.29) is 5.31 Å². The smallest absolute Gasteiger partial charge is 0.141 e. The molecule has 0 atom stereocenters. The largest absolute Gasteiger partial charge is 0.199 e. The fraction of sp³-hybridized carbons (Fsp3) is 0.947. The maximum Gasteiger partial charge on any atom is 0.141 e. The lowest BCUT2D eigenvalue weighted by Gasteiger charge is -2.18. The number of unbranched alkanes of at least 4 members (excludes halogenated alkanes) is 8. The Kier molecular flexibility index (Phi) is 9.89. The molecular weight excluding hydrogens is 253 g/mol. The number of nitriles is 1. The number of hydrogen-bond donors (Lipinski definition) is 0. The van der Waals surface area contributed by atoms with Gasteiger partial charge < -0.3 is 0 Å². The summed E-state index contributed by atoms with van der Waals surface area (Å²) in [6.45, 7) is 4.55. The van der Waals surface area contributed by atoms with Gasteiger partial charge in [-0.3, -0.25) is 0 Å². The van der Waals surface area contributed by atoms with E-state index in [1.807, 2.05) is 0 Å². The zero-order chi connectivity index (χ0) is 15.4. The second-order valence-corrected chi connectivity index (χ2v) is 7.10. The van der Waals surface area contributed by atoms with E-state index in [1.165, 1.54) is 77.0 Å². The Hall–Kier alpha value is -0.445. The lowest BCUT2D eigenvalue weighted by atomic mass is 9.50. The van der Waals surface area contributed by atoms with Crippen LogP contribution in [0, 0.1) is 11.3 Å². The standard InChI is InChI=1S/C19H35BN/c1-3-5-7-9-11-13-18(14-12-10-8-6-4-2)20-19(17-21)15-16-19/h18H,3-16H2,1-2H3. The van der Waals surface area contributed by atoms with Crippen molar-refractivity contribution in [2.75, 3.05) is 0 Å². The predicted octanol–water partition coefficient (Wildman–Crippen LogP) is 6.68. The molecule has 1 radical (unpaired) electrons. The van der Waals surface area contributed by atoms with Crippen LogP contribution >= 0.6 is 0 Å². The summed E-state index contributed by atoms with van der Waals surface area (Å²) < 4.78 is 0. The van der Waals surface area contributed by atoms with Crippen LogP contribution in [0.3, 0.4) is 0 Å². The Morgan fingerprint density at radius 2 is 1.33 bits per heavy atom. The van der Waals surface area contributed by atoms with Crippen molar-refractivity contribution < 1.29 is 0 Å². The number of nitrogens with zero attached hydrogens (tertiary/aromatic N) is 1. The minimum atomic E-state index is -0.0164. The summed E-state index contributed by atoms with van der Waals surface area (Å²) in [4.78, 5) is 0. The molecular formula is C19H35BN. The van der Waals surface area contributed by atoms with Crippen LogP contribution in [0.2, 0.25) is 11.1 Å². The summed E-state index contributed by atoms with van der Waals surface area (Å²) in [5, 5.41) is 9.29. The van der Waals surface area contributed by atoms with E-state index in [1.54, 1.807) is 0 Å². The SMILES string of the molecule is CCCCCCCC([B]C1(C#N)CC1)CCCCCCC.